The molecule has 0 aromatic heterocycles. The standard InChI is InChI=1S/C12H22N2O/c1-11(2)8-6-10(13-15)12(3,14(4)5)7-9(8)11/h8-9,15H,6-7H2,1-5H3/t8-,9+,12+/m0/s1. The van der Waals surface area contributed by atoms with Crippen molar-refractivity contribution < 1.29 is 5.21 Å². The first-order valence-corrected chi connectivity index (χ1v) is 5.73. The van der Waals surface area contributed by atoms with Gasteiger partial charge in [-0.25, -0.2) is 0 Å². The summed E-state index contributed by atoms with van der Waals surface area (Å²) in [7, 11) is 4.14. The molecule has 1 N–H and O–H groups in total. The largest absolute Gasteiger partial charge is 0.411 e. The lowest BCUT2D eigenvalue weighted by atomic mass is 9.80. The van der Waals surface area contributed by atoms with Gasteiger partial charge in [0.15, 0.2) is 0 Å². The molecule has 0 unspecified atom stereocenters. The van der Waals surface area contributed by atoms with Crippen molar-refractivity contribution >= 4 is 5.71 Å². The molecule has 15 heavy (non-hydrogen) atoms. The molecule has 0 aromatic rings. The van der Waals surface area contributed by atoms with E-state index in [4.69, 9.17) is 5.21 Å². The zero-order valence-electron chi connectivity index (χ0n) is 10.4. The van der Waals surface area contributed by atoms with E-state index in [9.17, 15) is 0 Å². The average molecular weight is 210 g/mol. The molecule has 0 saturated heterocycles. The van der Waals surface area contributed by atoms with E-state index < -0.39 is 0 Å². The molecular weight excluding hydrogens is 188 g/mol. The predicted octanol–water partition coefficient (Wildman–Crippen LogP) is 2.20. The Morgan fingerprint density at radius 1 is 1.27 bits per heavy atom. The number of hydrogen-bond donors (Lipinski definition) is 1. The van der Waals surface area contributed by atoms with Gasteiger partial charge in [-0.05, 0) is 51.1 Å². The number of hydrogen-bond acceptors (Lipinski definition) is 3. The second-order valence-electron chi connectivity index (χ2n) is 6.16. The van der Waals surface area contributed by atoms with Crippen molar-refractivity contribution in [2.75, 3.05) is 14.1 Å². The fourth-order valence-corrected chi connectivity index (χ4v) is 3.23. The molecule has 0 amide bonds. The number of fused-ring (bicyclic) bond motifs is 1. The molecule has 2 saturated carbocycles. The van der Waals surface area contributed by atoms with Crippen molar-refractivity contribution in [2.45, 2.75) is 39.2 Å². The zero-order chi connectivity index (χ0) is 11.4. The summed E-state index contributed by atoms with van der Waals surface area (Å²) in [5, 5.41) is 12.7. The first-order valence-electron chi connectivity index (χ1n) is 5.73. The van der Waals surface area contributed by atoms with Crippen LogP contribution < -0.4 is 0 Å². The molecule has 0 bridgehead atoms. The second-order valence-corrected chi connectivity index (χ2v) is 6.16. The Bertz CT molecular complexity index is 309. The highest BCUT2D eigenvalue weighted by Crippen LogP contribution is 2.66. The van der Waals surface area contributed by atoms with E-state index >= 15 is 0 Å². The Labute approximate surface area is 92.1 Å². The van der Waals surface area contributed by atoms with Crippen LogP contribution in [-0.2, 0) is 0 Å². The highest BCUT2D eigenvalue weighted by atomic mass is 16.4. The molecule has 3 atom stereocenters. The van der Waals surface area contributed by atoms with Gasteiger partial charge in [0, 0.05) is 0 Å². The van der Waals surface area contributed by atoms with Gasteiger partial charge in [-0.2, -0.15) is 0 Å². The molecule has 2 fully saturated rings. The van der Waals surface area contributed by atoms with Gasteiger partial charge in [0.05, 0.1) is 11.3 Å². The molecule has 3 heteroatoms. The van der Waals surface area contributed by atoms with Gasteiger partial charge < -0.3 is 5.21 Å². The quantitative estimate of drug-likeness (QED) is 0.532. The minimum Gasteiger partial charge on any atom is -0.411 e. The summed E-state index contributed by atoms with van der Waals surface area (Å²) in [6.45, 7) is 6.85. The maximum absolute atomic E-state index is 9.14. The summed E-state index contributed by atoms with van der Waals surface area (Å²) in [6, 6.07) is 0. The molecule has 0 aliphatic heterocycles. The molecule has 3 nitrogen and oxygen atoms in total. The lowest BCUT2D eigenvalue weighted by Crippen LogP contribution is -2.51. The van der Waals surface area contributed by atoms with Crippen molar-refractivity contribution in [3.8, 4) is 0 Å². The smallest absolute Gasteiger partial charge is 0.0773 e. The Morgan fingerprint density at radius 3 is 2.33 bits per heavy atom. The normalized spacial score (nSPS) is 45.6. The van der Waals surface area contributed by atoms with Crippen molar-refractivity contribution in [1.82, 2.24) is 4.90 Å². The van der Waals surface area contributed by atoms with Crippen LogP contribution in [0.2, 0.25) is 0 Å². The fourth-order valence-electron chi connectivity index (χ4n) is 3.23. The minimum atomic E-state index is -0.0519. The van der Waals surface area contributed by atoms with Gasteiger partial charge in [0.2, 0.25) is 0 Å². The molecule has 2 aliphatic carbocycles. The first kappa shape index (κ1) is 10.9. The van der Waals surface area contributed by atoms with E-state index in [1.165, 1.54) is 0 Å². The summed E-state index contributed by atoms with van der Waals surface area (Å²) in [5.41, 5.74) is 1.35. The van der Waals surface area contributed by atoms with Gasteiger partial charge in [0.1, 0.15) is 0 Å². The molecule has 0 radical (unpaired) electrons. The van der Waals surface area contributed by atoms with Gasteiger partial charge in [0.25, 0.3) is 0 Å². The highest BCUT2D eigenvalue weighted by molar-refractivity contribution is 5.94. The summed E-state index contributed by atoms with van der Waals surface area (Å²) in [4.78, 5) is 2.19. The van der Waals surface area contributed by atoms with E-state index in [0.717, 1.165) is 30.4 Å². The number of nitrogens with zero attached hydrogens (tertiary/aromatic N) is 2. The van der Waals surface area contributed by atoms with Crippen LogP contribution in [-0.4, -0.2) is 35.5 Å². The van der Waals surface area contributed by atoms with Crippen LogP contribution in [0, 0.1) is 17.3 Å². The fraction of sp³-hybridized carbons (Fsp3) is 0.917. The van der Waals surface area contributed by atoms with Crippen LogP contribution in [0.15, 0.2) is 5.16 Å². The van der Waals surface area contributed by atoms with Gasteiger partial charge in [-0.1, -0.05) is 19.0 Å². The SMILES string of the molecule is CN(C)[C@]1(C)C[C@@H]2[C@H](CC1=NO)C2(C)C. The van der Waals surface area contributed by atoms with E-state index in [0.29, 0.717) is 5.41 Å². The molecule has 0 heterocycles. The lowest BCUT2D eigenvalue weighted by molar-refractivity contribution is 0.197. The number of rotatable bonds is 1. The third-order valence-electron chi connectivity index (χ3n) is 5.05. The van der Waals surface area contributed by atoms with Crippen molar-refractivity contribution in [3.63, 3.8) is 0 Å². The van der Waals surface area contributed by atoms with E-state index in [1.807, 2.05) is 0 Å². The topological polar surface area (TPSA) is 35.8 Å². The third-order valence-corrected chi connectivity index (χ3v) is 5.05. The molecular formula is C12H22N2O. The predicted molar refractivity (Wildman–Crippen MR) is 61.3 cm³/mol. The van der Waals surface area contributed by atoms with Crippen molar-refractivity contribution in [3.05, 3.63) is 0 Å². The molecule has 2 rings (SSSR count). The van der Waals surface area contributed by atoms with Crippen LogP contribution in [0.3, 0.4) is 0 Å². The summed E-state index contributed by atoms with van der Waals surface area (Å²) < 4.78 is 0. The summed E-state index contributed by atoms with van der Waals surface area (Å²) in [5.74, 6) is 1.53. The number of oxime groups is 1. The van der Waals surface area contributed by atoms with Gasteiger partial charge in [-0.3, -0.25) is 4.90 Å². The maximum Gasteiger partial charge on any atom is 0.0773 e. The van der Waals surface area contributed by atoms with Gasteiger partial charge in [-0.15, -0.1) is 0 Å². The minimum absolute atomic E-state index is 0.0519. The van der Waals surface area contributed by atoms with Crippen molar-refractivity contribution in [1.29, 1.82) is 0 Å². The molecule has 2 aliphatic rings. The Morgan fingerprint density at radius 2 is 1.87 bits per heavy atom. The Balaban J connectivity index is 2.27. The highest BCUT2D eigenvalue weighted by Gasteiger charge is 2.63. The van der Waals surface area contributed by atoms with Crippen molar-refractivity contribution in [2.24, 2.45) is 22.4 Å². The van der Waals surface area contributed by atoms with E-state index in [1.54, 1.807) is 0 Å². The third kappa shape index (κ3) is 1.32. The second kappa shape index (κ2) is 2.97. The Kier molecular flexibility index (Phi) is 2.16. The zero-order valence-corrected chi connectivity index (χ0v) is 10.4. The lowest BCUT2D eigenvalue weighted by Gasteiger charge is -2.39. The van der Waals surface area contributed by atoms with E-state index in [-0.39, 0.29) is 5.54 Å². The van der Waals surface area contributed by atoms with Crippen LogP contribution in [0.5, 0.6) is 0 Å². The Hall–Kier alpha value is -0.570. The van der Waals surface area contributed by atoms with Crippen LogP contribution in [0.1, 0.15) is 33.6 Å². The maximum atomic E-state index is 9.14. The van der Waals surface area contributed by atoms with Crippen LogP contribution >= 0.6 is 0 Å². The summed E-state index contributed by atoms with van der Waals surface area (Å²) >= 11 is 0. The molecule has 0 aromatic carbocycles. The average Bonchev–Trinajstić information content (AvgIpc) is 2.66. The van der Waals surface area contributed by atoms with Gasteiger partial charge >= 0.3 is 0 Å². The summed E-state index contributed by atoms with van der Waals surface area (Å²) in [6.07, 6.45) is 2.08. The molecule has 86 valence electrons. The van der Waals surface area contributed by atoms with E-state index in [2.05, 4.69) is 44.9 Å². The van der Waals surface area contributed by atoms with Crippen LogP contribution in [0.25, 0.3) is 0 Å². The monoisotopic (exact) mass is 210 g/mol. The van der Waals surface area contributed by atoms with Crippen LogP contribution in [0.4, 0.5) is 0 Å². The first-order chi connectivity index (χ1) is 6.84. The molecule has 0 spiro atoms.